The molecule has 0 radical (unpaired) electrons. The van der Waals surface area contributed by atoms with Crippen LogP contribution in [0.3, 0.4) is 0 Å². The van der Waals surface area contributed by atoms with Crippen LogP contribution in [0.2, 0.25) is 0 Å². The lowest BCUT2D eigenvalue weighted by atomic mass is 10.0. The van der Waals surface area contributed by atoms with Crippen molar-refractivity contribution in [1.82, 2.24) is 9.97 Å². The zero-order valence-electron chi connectivity index (χ0n) is 12.0. The number of imidazole rings is 1. The molecule has 3 nitrogen and oxygen atoms in total. The second-order valence-corrected chi connectivity index (χ2v) is 5.08. The Labute approximate surface area is 123 Å². The molecule has 0 saturated carbocycles. The molecule has 1 N–H and O–H groups in total. The summed E-state index contributed by atoms with van der Waals surface area (Å²) in [5.74, 6) is 0.622. The van der Waals surface area contributed by atoms with E-state index in [-0.39, 0.29) is 0 Å². The number of hydrogen-bond acceptors (Lipinski definition) is 2. The lowest BCUT2D eigenvalue weighted by molar-refractivity contribution is 1.27. The van der Waals surface area contributed by atoms with E-state index in [0.29, 0.717) is 11.4 Å². The molecule has 0 amide bonds. The molecule has 1 heterocycles. The fraction of sp³-hybridized carbons (Fsp3) is 0.111. The van der Waals surface area contributed by atoms with Gasteiger partial charge in [0.2, 0.25) is 0 Å². The number of para-hydroxylation sites is 2. The summed E-state index contributed by atoms with van der Waals surface area (Å²) >= 11 is 0. The predicted octanol–water partition coefficient (Wildman–Crippen LogP) is 4.33. The van der Waals surface area contributed by atoms with Crippen molar-refractivity contribution in [2.75, 3.05) is 0 Å². The third-order valence-electron chi connectivity index (χ3n) is 3.60. The highest BCUT2D eigenvalue weighted by Crippen LogP contribution is 2.25. The van der Waals surface area contributed by atoms with E-state index in [0.717, 1.165) is 22.2 Å². The molecule has 0 aliphatic rings. The summed E-state index contributed by atoms with van der Waals surface area (Å²) in [5, 5.41) is 9.52. The number of allylic oxidation sites excluding steroid dienone is 2. The maximum Gasteiger partial charge on any atom is 0.149 e. The van der Waals surface area contributed by atoms with Crippen molar-refractivity contribution < 1.29 is 0 Å². The minimum absolute atomic E-state index is 0.579. The first-order chi connectivity index (χ1) is 10.2. The molecule has 21 heavy (non-hydrogen) atoms. The first-order valence-electron chi connectivity index (χ1n) is 6.82. The number of aromatic amines is 1. The van der Waals surface area contributed by atoms with Gasteiger partial charge in [-0.15, -0.1) is 0 Å². The Kier molecular flexibility index (Phi) is 3.29. The minimum atomic E-state index is 0.579. The fourth-order valence-electron chi connectivity index (χ4n) is 2.33. The molecule has 0 saturated heterocycles. The van der Waals surface area contributed by atoms with Crippen LogP contribution in [0, 0.1) is 18.3 Å². The molecule has 102 valence electrons. The third-order valence-corrected chi connectivity index (χ3v) is 3.60. The van der Waals surface area contributed by atoms with Crippen LogP contribution in [0.1, 0.15) is 23.9 Å². The average Bonchev–Trinajstić information content (AvgIpc) is 2.92. The maximum atomic E-state index is 9.52. The second-order valence-electron chi connectivity index (χ2n) is 5.08. The van der Waals surface area contributed by atoms with Crippen LogP contribution in [0.25, 0.3) is 22.2 Å². The van der Waals surface area contributed by atoms with Crippen molar-refractivity contribution in [3.05, 3.63) is 65.5 Å². The number of nitrogens with zero attached hydrogens (tertiary/aromatic N) is 2. The van der Waals surface area contributed by atoms with Gasteiger partial charge < -0.3 is 4.98 Å². The van der Waals surface area contributed by atoms with E-state index >= 15 is 0 Å². The summed E-state index contributed by atoms with van der Waals surface area (Å²) in [6.45, 7) is 4.00. The van der Waals surface area contributed by atoms with Gasteiger partial charge in [-0.1, -0.05) is 42.0 Å². The summed E-state index contributed by atoms with van der Waals surface area (Å²) < 4.78 is 0. The molecule has 0 fully saturated rings. The number of aromatic nitrogens is 2. The van der Waals surface area contributed by atoms with Gasteiger partial charge >= 0.3 is 0 Å². The monoisotopic (exact) mass is 273 g/mol. The van der Waals surface area contributed by atoms with E-state index in [1.54, 1.807) is 0 Å². The predicted molar refractivity (Wildman–Crippen MR) is 85.4 cm³/mol. The Hall–Kier alpha value is -2.86. The number of hydrogen-bond donors (Lipinski definition) is 1. The highest BCUT2D eigenvalue weighted by Gasteiger charge is 2.11. The van der Waals surface area contributed by atoms with E-state index in [2.05, 4.69) is 16.0 Å². The molecule has 3 aromatic rings. The zero-order valence-corrected chi connectivity index (χ0v) is 12.0. The van der Waals surface area contributed by atoms with Crippen molar-refractivity contribution >= 4 is 22.2 Å². The number of fused-ring (bicyclic) bond motifs is 1. The summed E-state index contributed by atoms with van der Waals surface area (Å²) in [7, 11) is 0. The number of aryl methyl sites for hydroxylation is 1. The Balaban J connectivity index is 2.14. The van der Waals surface area contributed by atoms with Gasteiger partial charge in [-0.3, -0.25) is 0 Å². The van der Waals surface area contributed by atoms with Crippen LogP contribution < -0.4 is 0 Å². The largest absolute Gasteiger partial charge is 0.337 e. The van der Waals surface area contributed by atoms with Crippen molar-refractivity contribution in [3.63, 3.8) is 0 Å². The molecular formula is C18H15N3. The Morgan fingerprint density at radius 2 is 1.81 bits per heavy atom. The lowest BCUT2D eigenvalue weighted by Gasteiger charge is -2.04. The van der Waals surface area contributed by atoms with Gasteiger partial charge in [-0.2, -0.15) is 5.26 Å². The van der Waals surface area contributed by atoms with Gasteiger partial charge in [0, 0.05) is 0 Å². The third kappa shape index (κ3) is 2.44. The molecule has 0 aliphatic carbocycles. The Morgan fingerprint density at radius 3 is 2.48 bits per heavy atom. The van der Waals surface area contributed by atoms with Crippen molar-refractivity contribution in [3.8, 4) is 6.07 Å². The van der Waals surface area contributed by atoms with E-state index in [1.807, 2.05) is 62.4 Å². The SMILES string of the molecule is C/C(=C(/C#N)c1nc2ccccc2[nH]1)c1ccc(C)cc1. The minimum Gasteiger partial charge on any atom is -0.337 e. The van der Waals surface area contributed by atoms with Crippen LogP contribution in [0.4, 0.5) is 0 Å². The van der Waals surface area contributed by atoms with E-state index in [9.17, 15) is 5.26 Å². The smallest absolute Gasteiger partial charge is 0.149 e. The van der Waals surface area contributed by atoms with Gasteiger partial charge in [0.25, 0.3) is 0 Å². The highest BCUT2D eigenvalue weighted by molar-refractivity contribution is 5.96. The van der Waals surface area contributed by atoms with Crippen LogP contribution in [-0.2, 0) is 0 Å². The summed E-state index contributed by atoms with van der Waals surface area (Å²) in [5.41, 5.74) is 5.56. The topological polar surface area (TPSA) is 52.5 Å². The number of benzene rings is 2. The number of nitriles is 1. The van der Waals surface area contributed by atoms with Crippen molar-refractivity contribution in [2.45, 2.75) is 13.8 Å². The van der Waals surface area contributed by atoms with Gasteiger partial charge in [0.05, 0.1) is 16.6 Å². The molecular weight excluding hydrogens is 258 g/mol. The first-order valence-corrected chi connectivity index (χ1v) is 6.82. The summed E-state index contributed by atoms with van der Waals surface area (Å²) in [4.78, 5) is 7.73. The van der Waals surface area contributed by atoms with Gasteiger partial charge in [0.15, 0.2) is 0 Å². The molecule has 0 bridgehead atoms. The number of nitrogens with one attached hydrogen (secondary N) is 1. The lowest BCUT2D eigenvalue weighted by Crippen LogP contribution is -1.90. The summed E-state index contributed by atoms with van der Waals surface area (Å²) in [6, 6.07) is 18.2. The second kappa shape index (κ2) is 5.26. The zero-order chi connectivity index (χ0) is 14.8. The molecule has 3 heteroatoms. The fourth-order valence-corrected chi connectivity index (χ4v) is 2.33. The summed E-state index contributed by atoms with van der Waals surface area (Å²) in [6.07, 6.45) is 0. The van der Waals surface area contributed by atoms with Crippen molar-refractivity contribution in [2.24, 2.45) is 0 Å². The van der Waals surface area contributed by atoms with Gasteiger partial charge in [0.1, 0.15) is 11.9 Å². The van der Waals surface area contributed by atoms with Gasteiger partial charge in [-0.05, 0) is 37.1 Å². The van der Waals surface area contributed by atoms with Crippen LogP contribution in [-0.4, -0.2) is 9.97 Å². The van der Waals surface area contributed by atoms with E-state index in [1.165, 1.54) is 5.56 Å². The Bertz CT molecular complexity index is 828. The van der Waals surface area contributed by atoms with Crippen molar-refractivity contribution in [1.29, 1.82) is 5.26 Å². The van der Waals surface area contributed by atoms with Gasteiger partial charge in [-0.25, -0.2) is 4.98 Å². The standard InChI is InChI=1S/C18H15N3/c1-12-7-9-14(10-8-12)13(2)15(11-19)18-20-16-5-3-4-6-17(16)21-18/h3-10H,1-2H3,(H,20,21)/b15-13+. The van der Waals surface area contributed by atoms with Crippen LogP contribution in [0.15, 0.2) is 48.5 Å². The number of rotatable bonds is 2. The van der Waals surface area contributed by atoms with E-state index in [4.69, 9.17) is 0 Å². The highest BCUT2D eigenvalue weighted by atomic mass is 14.9. The molecule has 0 unspecified atom stereocenters. The van der Waals surface area contributed by atoms with E-state index < -0.39 is 0 Å². The molecule has 0 spiro atoms. The first kappa shape index (κ1) is 13.1. The molecule has 0 aliphatic heterocycles. The van der Waals surface area contributed by atoms with Crippen LogP contribution >= 0.6 is 0 Å². The molecule has 0 atom stereocenters. The Morgan fingerprint density at radius 1 is 1.10 bits per heavy atom. The molecule has 1 aromatic heterocycles. The maximum absolute atomic E-state index is 9.52. The average molecular weight is 273 g/mol. The molecule has 3 rings (SSSR count). The van der Waals surface area contributed by atoms with Crippen LogP contribution in [0.5, 0.6) is 0 Å². The number of H-pyrrole nitrogens is 1. The normalized spacial score (nSPS) is 12.0. The molecule has 2 aromatic carbocycles. The quantitative estimate of drug-likeness (QED) is 0.707.